The molecule has 2 aromatic carbocycles. The standard InChI is InChI=1S/C17H16O5/c1-10(18)14-16(21-22-17(14,2)20)15(19)13-9-5-7-11-6-3-4-8-12(11)13/h3-9,14,16,20H,1-2H3. The number of aliphatic hydroxyl groups is 1. The average Bonchev–Trinajstić information content (AvgIpc) is 2.81. The molecule has 5 heteroatoms. The molecule has 1 heterocycles. The molecule has 3 unspecified atom stereocenters. The topological polar surface area (TPSA) is 72.8 Å². The van der Waals surface area contributed by atoms with Crippen LogP contribution in [-0.2, 0) is 14.6 Å². The van der Waals surface area contributed by atoms with Gasteiger partial charge in [0.05, 0.1) is 0 Å². The average molecular weight is 300 g/mol. The van der Waals surface area contributed by atoms with Gasteiger partial charge in [0.15, 0.2) is 11.9 Å². The second-order valence-electron chi connectivity index (χ2n) is 5.63. The zero-order chi connectivity index (χ0) is 15.9. The number of fused-ring (bicyclic) bond motifs is 1. The van der Waals surface area contributed by atoms with E-state index in [0.717, 1.165) is 10.8 Å². The Hall–Kier alpha value is -2.08. The summed E-state index contributed by atoms with van der Waals surface area (Å²) in [7, 11) is 0. The van der Waals surface area contributed by atoms with Crippen LogP contribution in [0.3, 0.4) is 0 Å². The van der Waals surface area contributed by atoms with Crippen LogP contribution in [0.25, 0.3) is 10.8 Å². The second-order valence-corrected chi connectivity index (χ2v) is 5.63. The SMILES string of the molecule is CC(=O)C1C(C(=O)c2cccc3ccccc23)OOC1(C)O. The minimum absolute atomic E-state index is 0.360. The maximum atomic E-state index is 12.8. The van der Waals surface area contributed by atoms with Crippen molar-refractivity contribution in [1.82, 2.24) is 0 Å². The summed E-state index contributed by atoms with van der Waals surface area (Å²) in [5.41, 5.74) is 0.440. The molecule has 0 bridgehead atoms. The summed E-state index contributed by atoms with van der Waals surface area (Å²) < 4.78 is 0. The number of rotatable bonds is 3. The van der Waals surface area contributed by atoms with Crippen LogP contribution in [0, 0.1) is 5.92 Å². The van der Waals surface area contributed by atoms with Gasteiger partial charge in [0, 0.05) is 5.56 Å². The van der Waals surface area contributed by atoms with Crippen molar-refractivity contribution in [3.63, 3.8) is 0 Å². The predicted octanol–water partition coefficient (Wildman–Crippen LogP) is 2.27. The molecular weight excluding hydrogens is 284 g/mol. The molecule has 0 aromatic heterocycles. The van der Waals surface area contributed by atoms with E-state index in [4.69, 9.17) is 9.78 Å². The number of hydrogen-bond donors (Lipinski definition) is 1. The number of carbonyl (C=O) groups is 2. The van der Waals surface area contributed by atoms with Crippen molar-refractivity contribution in [2.24, 2.45) is 5.92 Å². The van der Waals surface area contributed by atoms with Crippen LogP contribution in [-0.4, -0.2) is 28.6 Å². The van der Waals surface area contributed by atoms with Crippen molar-refractivity contribution < 1.29 is 24.5 Å². The van der Waals surface area contributed by atoms with Crippen molar-refractivity contribution in [2.75, 3.05) is 0 Å². The first kappa shape index (κ1) is 14.8. The molecule has 3 atom stereocenters. The van der Waals surface area contributed by atoms with Crippen molar-refractivity contribution in [3.05, 3.63) is 48.0 Å². The summed E-state index contributed by atoms with van der Waals surface area (Å²) in [6, 6.07) is 12.8. The van der Waals surface area contributed by atoms with Crippen LogP contribution in [0.15, 0.2) is 42.5 Å². The van der Waals surface area contributed by atoms with Gasteiger partial charge in [-0.3, -0.25) is 9.59 Å². The van der Waals surface area contributed by atoms with E-state index in [9.17, 15) is 14.7 Å². The van der Waals surface area contributed by atoms with Gasteiger partial charge in [-0.1, -0.05) is 42.5 Å². The Balaban J connectivity index is 2.05. The lowest BCUT2D eigenvalue weighted by atomic mass is 9.85. The third kappa shape index (κ3) is 2.33. The quantitative estimate of drug-likeness (QED) is 0.695. The number of benzene rings is 2. The predicted molar refractivity (Wildman–Crippen MR) is 79.0 cm³/mol. The molecule has 22 heavy (non-hydrogen) atoms. The van der Waals surface area contributed by atoms with Crippen LogP contribution in [0.2, 0.25) is 0 Å². The van der Waals surface area contributed by atoms with Crippen molar-refractivity contribution in [1.29, 1.82) is 0 Å². The van der Waals surface area contributed by atoms with Gasteiger partial charge in [-0.05, 0) is 24.6 Å². The number of Topliss-reactive ketones (excluding diaryl/α,β-unsaturated/α-hetero) is 2. The minimum atomic E-state index is -1.81. The van der Waals surface area contributed by atoms with E-state index >= 15 is 0 Å². The smallest absolute Gasteiger partial charge is 0.209 e. The number of hydrogen-bond acceptors (Lipinski definition) is 5. The lowest BCUT2D eigenvalue weighted by molar-refractivity contribution is -0.369. The molecule has 0 saturated carbocycles. The van der Waals surface area contributed by atoms with Gasteiger partial charge in [0.1, 0.15) is 11.7 Å². The number of carbonyl (C=O) groups excluding carboxylic acids is 2. The zero-order valence-corrected chi connectivity index (χ0v) is 12.3. The highest BCUT2D eigenvalue weighted by atomic mass is 17.2. The van der Waals surface area contributed by atoms with Gasteiger partial charge in [-0.15, -0.1) is 0 Å². The zero-order valence-electron chi connectivity index (χ0n) is 12.3. The summed E-state index contributed by atoms with van der Waals surface area (Å²) in [6.07, 6.45) is -1.15. The Labute approximate surface area is 127 Å². The summed E-state index contributed by atoms with van der Waals surface area (Å²) in [6.45, 7) is 2.62. The van der Waals surface area contributed by atoms with Crippen LogP contribution >= 0.6 is 0 Å². The fraction of sp³-hybridized carbons (Fsp3) is 0.294. The van der Waals surface area contributed by atoms with Crippen LogP contribution < -0.4 is 0 Å². The molecule has 1 N–H and O–H groups in total. The Morgan fingerprint density at radius 2 is 1.82 bits per heavy atom. The maximum Gasteiger partial charge on any atom is 0.209 e. The van der Waals surface area contributed by atoms with Gasteiger partial charge in [0.25, 0.3) is 0 Å². The normalized spacial score (nSPS) is 28.0. The summed E-state index contributed by atoms with van der Waals surface area (Å²) in [5.74, 6) is -3.61. The van der Waals surface area contributed by atoms with Crippen LogP contribution in [0.1, 0.15) is 24.2 Å². The molecule has 0 radical (unpaired) electrons. The summed E-state index contributed by atoms with van der Waals surface area (Å²) >= 11 is 0. The molecule has 114 valence electrons. The molecule has 0 spiro atoms. The van der Waals surface area contributed by atoms with Gasteiger partial charge in [-0.25, -0.2) is 4.89 Å². The molecule has 1 saturated heterocycles. The van der Waals surface area contributed by atoms with Gasteiger partial charge >= 0.3 is 0 Å². The Bertz CT molecular complexity index is 744. The highest BCUT2D eigenvalue weighted by Crippen LogP contribution is 2.35. The van der Waals surface area contributed by atoms with Gasteiger partial charge in [-0.2, -0.15) is 4.89 Å². The summed E-state index contributed by atoms with van der Waals surface area (Å²) in [5, 5.41) is 11.8. The third-order valence-electron chi connectivity index (χ3n) is 3.95. The summed E-state index contributed by atoms with van der Waals surface area (Å²) in [4.78, 5) is 34.4. The molecule has 0 amide bonds. The first-order valence-corrected chi connectivity index (χ1v) is 7.01. The van der Waals surface area contributed by atoms with Crippen molar-refractivity contribution >= 4 is 22.3 Å². The maximum absolute atomic E-state index is 12.8. The lowest BCUT2D eigenvalue weighted by Crippen LogP contribution is -2.42. The van der Waals surface area contributed by atoms with E-state index in [-0.39, 0.29) is 11.6 Å². The molecule has 0 aliphatic carbocycles. The Kier molecular flexibility index (Phi) is 3.56. The van der Waals surface area contributed by atoms with Gasteiger partial charge < -0.3 is 5.11 Å². The fourth-order valence-corrected chi connectivity index (χ4v) is 2.92. The molecular formula is C17H16O5. The van der Waals surface area contributed by atoms with Crippen LogP contribution in [0.4, 0.5) is 0 Å². The third-order valence-corrected chi connectivity index (χ3v) is 3.95. The minimum Gasteiger partial charge on any atom is -0.363 e. The first-order valence-electron chi connectivity index (χ1n) is 7.01. The molecule has 5 nitrogen and oxygen atoms in total. The molecule has 3 rings (SSSR count). The van der Waals surface area contributed by atoms with Crippen molar-refractivity contribution in [3.8, 4) is 0 Å². The largest absolute Gasteiger partial charge is 0.363 e. The Morgan fingerprint density at radius 3 is 2.55 bits per heavy atom. The van der Waals surface area contributed by atoms with E-state index in [0.29, 0.717) is 5.56 Å². The monoisotopic (exact) mass is 300 g/mol. The van der Waals surface area contributed by atoms with E-state index in [1.807, 2.05) is 30.3 Å². The van der Waals surface area contributed by atoms with Crippen LogP contribution in [0.5, 0.6) is 0 Å². The lowest BCUT2D eigenvalue weighted by Gasteiger charge is -2.20. The molecule has 2 aromatic rings. The van der Waals surface area contributed by atoms with E-state index in [2.05, 4.69) is 0 Å². The first-order chi connectivity index (χ1) is 10.4. The van der Waals surface area contributed by atoms with Crippen molar-refractivity contribution in [2.45, 2.75) is 25.7 Å². The Morgan fingerprint density at radius 1 is 1.14 bits per heavy atom. The van der Waals surface area contributed by atoms with E-state index < -0.39 is 17.8 Å². The van der Waals surface area contributed by atoms with E-state index in [1.54, 1.807) is 12.1 Å². The highest BCUT2D eigenvalue weighted by molar-refractivity contribution is 6.11. The fourth-order valence-electron chi connectivity index (χ4n) is 2.92. The molecule has 1 aliphatic rings. The molecule has 1 aliphatic heterocycles. The second kappa shape index (κ2) is 5.28. The highest BCUT2D eigenvalue weighted by Gasteiger charge is 2.53. The molecule has 1 fully saturated rings. The van der Waals surface area contributed by atoms with Gasteiger partial charge in [0.2, 0.25) is 5.79 Å². The van der Waals surface area contributed by atoms with E-state index in [1.165, 1.54) is 13.8 Å². The number of ketones is 2.